The number of hydrogen-bond acceptors (Lipinski definition) is 6. The number of hydrogen-bond donors (Lipinski definition) is 1. The number of halogens is 1. The van der Waals surface area contributed by atoms with Gasteiger partial charge in [0.2, 0.25) is 0 Å². The molecule has 9 heteroatoms. The van der Waals surface area contributed by atoms with E-state index < -0.39 is 6.10 Å². The Labute approximate surface area is 191 Å². The number of thiophene rings is 1. The van der Waals surface area contributed by atoms with Crippen LogP contribution in [0.25, 0.3) is 21.3 Å². The van der Waals surface area contributed by atoms with Gasteiger partial charge in [-0.15, -0.1) is 11.3 Å². The van der Waals surface area contributed by atoms with Crippen LogP contribution in [0.2, 0.25) is 0 Å². The number of Topliss-reactive ketones (excluding diaryl/α,β-unsaturated/α-hetero) is 1. The van der Waals surface area contributed by atoms with Crippen molar-refractivity contribution < 1.29 is 18.7 Å². The van der Waals surface area contributed by atoms with Crippen LogP contribution < -0.4 is 15.6 Å². The van der Waals surface area contributed by atoms with E-state index in [1.165, 1.54) is 40.4 Å². The van der Waals surface area contributed by atoms with Gasteiger partial charge in [0.05, 0.1) is 23.9 Å². The first-order chi connectivity index (χ1) is 15.8. The van der Waals surface area contributed by atoms with Crippen LogP contribution in [0.5, 0.6) is 5.75 Å². The van der Waals surface area contributed by atoms with Gasteiger partial charge in [0.25, 0.3) is 11.5 Å². The number of carbonyl (C=O) groups excluding carboxylic acids is 2. The van der Waals surface area contributed by atoms with Crippen molar-refractivity contribution in [3.05, 3.63) is 75.4 Å². The molecule has 4 aromatic rings. The minimum absolute atomic E-state index is 0.219. The van der Waals surface area contributed by atoms with E-state index in [-0.39, 0.29) is 29.6 Å². The quantitative estimate of drug-likeness (QED) is 0.459. The molecule has 2 aromatic heterocycles. The third-order valence-corrected chi connectivity index (χ3v) is 6.55. The fourth-order valence-corrected chi connectivity index (χ4v) is 4.85. The first-order valence-electron chi connectivity index (χ1n) is 10.2. The van der Waals surface area contributed by atoms with Crippen molar-refractivity contribution in [3.8, 4) is 16.9 Å². The first-order valence-corrected chi connectivity index (χ1v) is 11.0. The van der Waals surface area contributed by atoms with Crippen molar-refractivity contribution >= 4 is 38.9 Å². The molecule has 1 aliphatic heterocycles. The summed E-state index contributed by atoms with van der Waals surface area (Å²) in [5.74, 6) is -0.488. The zero-order valence-electron chi connectivity index (χ0n) is 17.7. The molecule has 0 spiro atoms. The molecule has 7 nitrogen and oxygen atoms in total. The molecule has 2 aromatic carbocycles. The number of ketones is 1. The number of amides is 1. The third-order valence-electron chi connectivity index (χ3n) is 5.53. The topological polar surface area (TPSA) is 90.3 Å². The molecule has 1 unspecified atom stereocenters. The van der Waals surface area contributed by atoms with E-state index in [1.807, 2.05) is 6.92 Å². The third kappa shape index (κ3) is 3.70. The summed E-state index contributed by atoms with van der Waals surface area (Å²) in [5, 5.41) is 3.12. The molecule has 0 fully saturated rings. The van der Waals surface area contributed by atoms with Gasteiger partial charge in [0.1, 0.15) is 16.4 Å². The number of rotatable bonds is 4. The van der Waals surface area contributed by atoms with E-state index >= 15 is 0 Å². The van der Waals surface area contributed by atoms with Crippen LogP contribution in [-0.4, -0.2) is 27.3 Å². The van der Waals surface area contributed by atoms with Crippen molar-refractivity contribution in [2.45, 2.75) is 26.5 Å². The Morgan fingerprint density at radius 1 is 1.21 bits per heavy atom. The Kier molecular flexibility index (Phi) is 5.05. The number of ether oxygens (including phenoxy) is 1. The van der Waals surface area contributed by atoms with Gasteiger partial charge in [0.15, 0.2) is 11.9 Å². The number of carbonyl (C=O) groups is 2. The SMILES string of the molecule is Cc1sc2ncn(CC(=O)c3ccc4c(c3)NC(=O)C(C)O4)c(=O)c2c1-c1ccc(F)cc1. The standard InChI is InChI=1S/C24H18FN3O4S/c1-12-22(30)27-17-9-15(5-8-19(17)32-12)18(29)10-28-11-26-23-21(24(28)31)20(13(2)33-23)14-3-6-16(25)7-4-14/h3-9,11-12H,10H2,1-2H3,(H,27,30). The van der Waals surface area contributed by atoms with Crippen LogP contribution in [0, 0.1) is 12.7 Å². The van der Waals surface area contributed by atoms with Gasteiger partial charge in [0, 0.05) is 16.0 Å². The minimum atomic E-state index is -0.611. The lowest BCUT2D eigenvalue weighted by Crippen LogP contribution is -2.34. The first kappa shape index (κ1) is 21.0. The second kappa shape index (κ2) is 7.93. The second-order valence-corrected chi connectivity index (χ2v) is 8.98. The Balaban J connectivity index is 1.50. The van der Waals surface area contributed by atoms with Crippen molar-refractivity contribution in [3.63, 3.8) is 0 Å². The maximum atomic E-state index is 13.4. The summed E-state index contributed by atoms with van der Waals surface area (Å²) in [6.07, 6.45) is 0.748. The minimum Gasteiger partial charge on any atom is -0.479 e. The molecule has 5 rings (SSSR count). The van der Waals surface area contributed by atoms with Crippen LogP contribution in [0.3, 0.4) is 0 Å². The summed E-state index contributed by atoms with van der Waals surface area (Å²) in [6.45, 7) is 3.30. The van der Waals surface area contributed by atoms with Gasteiger partial charge >= 0.3 is 0 Å². The molecule has 0 saturated carbocycles. The number of benzene rings is 2. The van der Waals surface area contributed by atoms with Gasteiger partial charge in [-0.05, 0) is 49.7 Å². The molecule has 33 heavy (non-hydrogen) atoms. The highest BCUT2D eigenvalue weighted by atomic mass is 32.1. The van der Waals surface area contributed by atoms with Crippen molar-refractivity contribution in [1.29, 1.82) is 0 Å². The average molecular weight is 463 g/mol. The van der Waals surface area contributed by atoms with E-state index in [0.717, 1.165) is 4.88 Å². The summed E-state index contributed by atoms with van der Waals surface area (Å²) in [7, 11) is 0. The summed E-state index contributed by atoms with van der Waals surface area (Å²) in [6, 6.07) is 10.7. The van der Waals surface area contributed by atoms with Crippen LogP contribution in [0.4, 0.5) is 10.1 Å². The predicted octanol–water partition coefficient (Wildman–Crippen LogP) is 4.17. The van der Waals surface area contributed by atoms with Gasteiger partial charge in [-0.3, -0.25) is 19.0 Å². The molecule has 1 aliphatic rings. The van der Waals surface area contributed by atoms with Crippen LogP contribution in [0.15, 0.2) is 53.6 Å². The van der Waals surface area contributed by atoms with Crippen LogP contribution in [0.1, 0.15) is 22.2 Å². The largest absolute Gasteiger partial charge is 0.479 e. The normalized spacial score (nSPS) is 15.1. The molecule has 0 radical (unpaired) electrons. The molecule has 166 valence electrons. The molecule has 0 aliphatic carbocycles. The molecule has 0 bridgehead atoms. The maximum absolute atomic E-state index is 13.4. The summed E-state index contributed by atoms with van der Waals surface area (Å²) in [4.78, 5) is 44.0. The highest BCUT2D eigenvalue weighted by Gasteiger charge is 2.24. The molecular formula is C24H18FN3O4S. The molecular weight excluding hydrogens is 445 g/mol. The number of anilines is 1. The molecule has 1 atom stereocenters. The maximum Gasteiger partial charge on any atom is 0.265 e. The average Bonchev–Trinajstić information content (AvgIpc) is 3.13. The van der Waals surface area contributed by atoms with Crippen molar-refractivity contribution in [2.75, 3.05) is 5.32 Å². The van der Waals surface area contributed by atoms with E-state index in [9.17, 15) is 18.8 Å². The zero-order valence-corrected chi connectivity index (χ0v) is 18.5. The lowest BCUT2D eigenvalue weighted by atomic mass is 10.0. The second-order valence-electron chi connectivity index (χ2n) is 7.78. The Hall–Kier alpha value is -3.85. The molecule has 1 amide bonds. The highest BCUT2D eigenvalue weighted by molar-refractivity contribution is 7.19. The molecule has 0 saturated heterocycles. The Bertz CT molecular complexity index is 1490. The fraction of sp³-hybridized carbons (Fsp3) is 0.167. The summed E-state index contributed by atoms with van der Waals surface area (Å²) >= 11 is 1.37. The van der Waals surface area contributed by atoms with Crippen LogP contribution in [-0.2, 0) is 11.3 Å². The van der Waals surface area contributed by atoms with Gasteiger partial charge in [-0.2, -0.15) is 0 Å². The monoisotopic (exact) mass is 463 g/mol. The summed E-state index contributed by atoms with van der Waals surface area (Å²) < 4.78 is 20.2. The Morgan fingerprint density at radius 2 is 1.97 bits per heavy atom. The number of aryl methyl sites for hydroxylation is 1. The predicted molar refractivity (Wildman–Crippen MR) is 124 cm³/mol. The van der Waals surface area contributed by atoms with Crippen molar-refractivity contribution in [1.82, 2.24) is 9.55 Å². The fourth-order valence-electron chi connectivity index (χ4n) is 3.84. The number of nitrogens with zero attached hydrogens (tertiary/aromatic N) is 2. The van der Waals surface area contributed by atoms with E-state index in [4.69, 9.17) is 4.74 Å². The van der Waals surface area contributed by atoms with Crippen LogP contribution >= 0.6 is 11.3 Å². The number of aromatic nitrogens is 2. The zero-order chi connectivity index (χ0) is 23.3. The lowest BCUT2D eigenvalue weighted by molar-refractivity contribution is -0.122. The van der Waals surface area contributed by atoms with Gasteiger partial charge in [-0.1, -0.05) is 12.1 Å². The molecule has 3 heterocycles. The van der Waals surface area contributed by atoms with Gasteiger partial charge < -0.3 is 10.1 Å². The smallest absolute Gasteiger partial charge is 0.265 e. The lowest BCUT2D eigenvalue weighted by Gasteiger charge is -2.23. The highest BCUT2D eigenvalue weighted by Crippen LogP contribution is 2.35. The van der Waals surface area contributed by atoms with E-state index in [1.54, 1.807) is 31.2 Å². The van der Waals surface area contributed by atoms with E-state index in [0.29, 0.717) is 38.3 Å². The Morgan fingerprint density at radius 3 is 2.73 bits per heavy atom. The molecule has 1 N–H and O–H groups in total. The number of nitrogens with one attached hydrogen (secondary N) is 1. The number of fused-ring (bicyclic) bond motifs is 2. The van der Waals surface area contributed by atoms with Crippen molar-refractivity contribution in [2.24, 2.45) is 0 Å². The van der Waals surface area contributed by atoms with E-state index in [2.05, 4.69) is 10.3 Å². The van der Waals surface area contributed by atoms with Gasteiger partial charge in [-0.25, -0.2) is 9.37 Å². The summed E-state index contributed by atoms with van der Waals surface area (Å²) in [5.41, 5.74) is 1.80.